The number of hydrogen-bond acceptors (Lipinski definition) is 4. The van der Waals surface area contributed by atoms with Gasteiger partial charge in [-0.2, -0.15) is 5.11 Å². The number of amides is 1. The van der Waals surface area contributed by atoms with Gasteiger partial charge in [-0.1, -0.05) is 47.5 Å². The molecular formula is C25H16Cl2N4O2. The Hall–Kier alpha value is -3.87. The van der Waals surface area contributed by atoms with E-state index in [0.717, 1.165) is 16.3 Å². The Labute approximate surface area is 198 Å². The zero-order valence-electron chi connectivity index (χ0n) is 17.0. The van der Waals surface area contributed by atoms with Crippen molar-refractivity contribution in [3.8, 4) is 5.75 Å². The van der Waals surface area contributed by atoms with Crippen molar-refractivity contribution in [3.05, 3.63) is 94.5 Å². The van der Waals surface area contributed by atoms with E-state index in [0.29, 0.717) is 26.9 Å². The van der Waals surface area contributed by atoms with Gasteiger partial charge >= 0.3 is 0 Å². The number of halogens is 2. The average Bonchev–Trinajstić information content (AvgIpc) is 3.17. The largest absolute Gasteiger partial charge is 0.505 e. The Morgan fingerprint density at radius 3 is 2.42 bits per heavy atom. The molecule has 0 spiro atoms. The van der Waals surface area contributed by atoms with E-state index in [4.69, 9.17) is 23.2 Å². The third-order valence-corrected chi connectivity index (χ3v) is 5.65. The maximum Gasteiger partial charge on any atom is 0.261 e. The number of H-pyrrole nitrogens is 1. The summed E-state index contributed by atoms with van der Waals surface area (Å²) in [6.45, 7) is 0. The fraction of sp³-hybridized carbons (Fsp3) is 0. The standard InChI is InChI=1S/C25H16Cl2N4O2/c26-14-8-10-16(11-9-14)28-25(33)22-23-19(18-6-1-2-7-20(18)29-23)13-21(24(22)32)31-30-17-5-3-4-15(27)12-17/h1-13,29,32H,(H,28,33). The normalized spacial score (nSPS) is 11.5. The molecular weight excluding hydrogens is 459 g/mol. The number of hydrogen-bond donors (Lipinski definition) is 3. The van der Waals surface area contributed by atoms with Crippen molar-refractivity contribution >= 4 is 68.0 Å². The Kier molecular flexibility index (Phi) is 5.46. The highest BCUT2D eigenvalue weighted by Crippen LogP contribution is 2.40. The lowest BCUT2D eigenvalue weighted by atomic mass is 10.1. The first kappa shape index (κ1) is 21.0. The van der Waals surface area contributed by atoms with Crippen LogP contribution >= 0.6 is 23.2 Å². The minimum absolute atomic E-state index is 0.0682. The fourth-order valence-electron chi connectivity index (χ4n) is 3.64. The molecule has 0 atom stereocenters. The topological polar surface area (TPSA) is 89.8 Å². The van der Waals surface area contributed by atoms with Gasteiger partial charge in [0.25, 0.3) is 5.91 Å². The number of carbonyl (C=O) groups is 1. The van der Waals surface area contributed by atoms with Crippen LogP contribution in [0.25, 0.3) is 21.8 Å². The average molecular weight is 475 g/mol. The van der Waals surface area contributed by atoms with Crippen LogP contribution < -0.4 is 5.32 Å². The Morgan fingerprint density at radius 2 is 1.64 bits per heavy atom. The Balaban J connectivity index is 1.66. The van der Waals surface area contributed by atoms with Crippen LogP contribution in [0.3, 0.4) is 0 Å². The van der Waals surface area contributed by atoms with Crippen LogP contribution in [0.4, 0.5) is 17.1 Å². The van der Waals surface area contributed by atoms with Gasteiger partial charge in [0.2, 0.25) is 0 Å². The second-order valence-corrected chi connectivity index (χ2v) is 8.23. The van der Waals surface area contributed by atoms with Crippen LogP contribution in [0.15, 0.2) is 89.1 Å². The number of azo groups is 1. The molecule has 5 rings (SSSR count). The molecule has 5 aromatic rings. The van der Waals surface area contributed by atoms with Gasteiger partial charge in [-0.05, 0) is 54.6 Å². The molecule has 6 nitrogen and oxygen atoms in total. The Morgan fingerprint density at radius 1 is 0.848 bits per heavy atom. The van der Waals surface area contributed by atoms with E-state index in [9.17, 15) is 9.90 Å². The third kappa shape index (κ3) is 4.14. The van der Waals surface area contributed by atoms with Gasteiger partial charge in [-0.25, -0.2) is 0 Å². The summed E-state index contributed by atoms with van der Waals surface area (Å²) in [4.78, 5) is 16.5. The second-order valence-electron chi connectivity index (χ2n) is 7.35. The molecule has 3 N–H and O–H groups in total. The van der Waals surface area contributed by atoms with Gasteiger partial charge in [0.1, 0.15) is 11.3 Å². The summed E-state index contributed by atoms with van der Waals surface area (Å²) >= 11 is 12.0. The first-order chi connectivity index (χ1) is 16.0. The van der Waals surface area contributed by atoms with Crippen LogP contribution in [0, 0.1) is 0 Å². The number of phenols is 1. The maximum atomic E-state index is 13.3. The number of fused-ring (bicyclic) bond motifs is 3. The lowest BCUT2D eigenvalue weighted by Crippen LogP contribution is -2.12. The van der Waals surface area contributed by atoms with Crippen molar-refractivity contribution < 1.29 is 9.90 Å². The molecule has 0 aliphatic heterocycles. The molecule has 0 aliphatic rings. The van der Waals surface area contributed by atoms with Gasteiger partial charge in [0, 0.05) is 32.0 Å². The first-order valence-corrected chi connectivity index (χ1v) is 10.8. The van der Waals surface area contributed by atoms with E-state index >= 15 is 0 Å². The zero-order chi connectivity index (χ0) is 22.9. The number of aromatic hydroxyl groups is 1. The van der Waals surface area contributed by atoms with Gasteiger partial charge < -0.3 is 15.4 Å². The SMILES string of the molecule is O=C(Nc1ccc(Cl)cc1)c1c(O)c(N=Nc2cccc(Cl)c2)cc2c1[nH]c1ccccc12. The monoisotopic (exact) mass is 474 g/mol. The van der Waals surface area contributed by atoms with Crippen LogP contribution in [0.2, 0.25) is 10.0 Å². The van der Waals surface area contributed by atoms with Crippen LogP contribution in [0.5, 0.6) is 5.75 Å². The maximum absolute atomic E-state index is 13.3. The van der Waals surface area contributed by atoms with E-state index in [2.05, 4.69) is 20.5 Å². The molecule has 0 radical (unpaired) electrons. The van der Waals surface area contributed by atoms with Crippen molar-refractivity contribution in [2.45, 2.75) is 0 Å². The summed E-state index contributed by atoms with van der Waals surface area (Å²) < 4.78 is 0. The molecule has 1 aromatic heterocycles. The number of para-hydroxylation sites is 1. The molecule has 0 aliphatic carbocycles. The van der Waals surface area contributed by atoms with E-state index in [1.165, 1.54) is 0 Å². The highest BCUT2D eigenvalue weighted by molar-refractivity contribution is 6.31. The van der Waals surface area contributed by atoms with Crippen molar-refractivity contribution in [2.75, 3.05) is 5.32 Å². The molecule has 0 fully saturated rings. The van der Waals surface area contributed by atoms with Crippen LogP contribution in [0.1, 0.15) is 10.4 Å². The number of nitrogens with one attached hydrogen (secondary N) is 2. The van der Waals surface area contributed by atoms with Gasteiger partial charge in [0.15, 0.2) is 5.75 Å². The number of benzene rings is 4. The fourth-order valence-corrected chi connectivity index (χ4v) is 3.95. The molecule has 0 saturated heterocycles. The number of phenolic OH excluding ortho intramolecular Hbond substituents is 1. The number of aromatic amines is 1. The Bertz CT molecular complexity index is 1540. The molecule has 0 unspecified atom stereocenters. The van der Waals surface area contributed by atoms with Gasteiger partial charge in [-0.15, -0.1) is 5.11 Å². The molecule has 1 heterocycles. The van der Waals surface area contributed by atoms with Crippen molar-refractivity contribution in [1.29, 1.82) is 0 Å². The van der Waals surface area contributed by atoms with E-state index < -0.39 is 5.91 Å². The quantitative estimate of drug-likeness (QED) is 0.230. The predicted octanol–water partition coefficient (Wildman–Crippen LogP) is 8.00. The summed E-state index contributed by atoms with van der Waals surface area (Å²) in [5.41, 5.74) is 2.62. The smallest absolute Gasteiger partial charge is 0.261 e. The minimum Gasteiger partial charge on any atom is -0.505 e. The minimum atomic E-state index is -0.494. The predicted molar refractivity (Wildman–Crippen MR) is 133 cm³/mol. The number of aromatic nitrogens is 1. The molecule has 1 amide bonds. The first-order valence-electron chi connectivity index (χ1n) is 10.0. The second kappa shape index (κ2) is 8.58. The van der Waals surface area contributed by atoms with Crippen LogP contribution in [-0.2, 0) is 0 Å². The molecule has 4 aromatic carbocycles. The molecule has 8 heteroatoms. The van der Waals surface area contributed by atoms with Crippen LogP contribution in [-0.4, -0.2) is 16.0 Å². The number of anilines is 1. The number of carbonyl (C=O) groups excluding carboxylic acids is 1. The summed E-state index contributed by atoms with van der Waals surface area (Å²) in [6.07, 6.45) is 0. The highest BCUT2D eigenvalue weighted by atomic mass is 35.5. The molecule has 33 heavy (non-hydrogen) atoms. The summed E-state index contributed by atoms with van der Waals surface area (Å²) in [5, 5.41) is 25.0. The van der Waals surface area contributed by atoms with E-state index in [1.807, 2.05) is 24.3 Å². The van der Waals surface area contributed by atoms with E-state index in [-0.39, 0.29) is 17.0 Å². The molecule has 0 bridgehead atoms. The summed E-state index contributed by atoms with van der Waals surface area (Å²) in [5.74, 6) is -0.780. The molecule has 0 saturated carbocycles. The lowest BCUT2D eigenvalue weighted by Gasteiger charge is -2.10. The van der Waals surface area contributed by atoms with E-state index in [1.54, 1.807) is 54.6 Å². The van der Waals surface area contributed by atoms with Gasteiger partial charge in [-0.3, -0.25) is 4.79 Å². The third-order valence-electron chi connectivity index (χ3n) is 5.17. The summed E-state index contributed by atoms with van der Waals surface area (Å²) in [7, 11) is 0. The van der Waals surface area contributed by atoms with Crippen molar-refractivity contribution in [2.24, 2.45) is 10.2 Å². The zero-order valence-corrected chi connectivity index (χ0v) is 18.5. The van der Waals surface area contributed by atoms with Gasteiger partial charge in [0.05, 0.1) is 11.2 Å². The summed E-state index contributed by atoms with van der Waals surface area (Å²) in [6, 6.07) is 22.9. The van der Waals surface area contributed by atoms with Crippen molar-refractivity contribution in [3.63, 3.8) is 0 Å². The molecule has 162 valence electrons. The number of rotatable bonds is 4. The number of nitrogens with zero attached hydrogens (tertiary/aromatic N) is 2. The highest BCUT2D eigenvalue weighted by Gasteiger charge is 2.22. The van der Waals surface area contributed by atoms with Crippen molar-refractivity contribution in [1.82, 2.24) is 4.98 Å². The lowest BCUT2D eigenvalue weighted by molar-refractivity contribution is 0.102.